The number of ether oxygens (including phenoxy) is 1. The van der Waals surface area contributed by atoms with Crippen molar-refractivity contribution in [2.45, 2.75) is 38.8 Å². The quantitative estimate of drug-likeness (QED) is 0.277. The van der Waals surface area contributed by atoms with Crippen molar-refractivity contribution in [3.63, 3.8) is 0 Å². The van der Waals surface area contributed by atoms with E-state index in [1.165, 1.54) is 11.6 Å². The van der Waals surface area contributed by atoms with Crippen LogP contribution in [0.1, 0.15) is 35.8 Å². The number of ketones is 2. The largest absolute Gasteiger partial charge is 0.379 e. The molecule has 1 saturated carbocycles. The van der Waals surface area contributed by atoms with E-state index in [1.807, 2.05) is 6.07 Å². The first kappa shape index (κ1) is 27.9. The molecule has 2 amide bonds. The number of hydrogen-bond acceptors (Lipinski definition) is 8. The van der Waals surface area contributed by atoms with Crippen LogP contribution in [-0.2, 0) is 32.1 Å². The zero-order chi connectivity index (χ0) is 28.2. The number of carbonyl (C=O) groups excluding carboxylic acids is 4. The van der Waals surface area contributed by atoms with Crippen LogP contribution in [0.2, 0.25) is 5.15 Å². The Morgan fingerprint density at radius 1 is 1.10 bits per heavy atom. The number of aromatic nitrogens is 3. The molecule has 1 N–H and O–H groups in total. The Morgan fingerprint density at radius 3 is 2.58 bits per heavy atom. The van der Waals surface area contributed by atoms with Crippen molar-refractivity contribution in [3.8, 4) is 0 Å². The molecule has 1 saturated heterocycles. The first-order valence-corrected chi connectivity index (χ1v) is 13.7. The third-order valence-electron chi connectivity index (χ3n) is 6.94. The van der Waals surface area contributed by atoms with Crippen molar-refractivity contribution in [1.29, 1.82) is 0 Å². The lowest BCUT2D eigenvalue weighted by molar-refractivity contribution is -0.135. The average molecular weight is 567 g/mol. The summed E-state index contributed by atoms with van der Waals surface area (Å²) in [7, 11) is 0. The number of nitrogens with zero attached hydrogens (tertiary/aromatic N) is 5. The highest BCUT2D eigenvalue weighted by molar-refractivity contribution is 6.29. The van der Waals surface area contributed by atoms with Crippen LogP contribution in [0, 0.1) is 0 Å². The highest BCUT2D eigenvalue weighted by Gasteiger charge is 2.34. The predicted molar refractivity (Wildman–Crippen MR) is 148 cm³/mol. The monoisotopic (exact) mass is 566 g/mol. The van der Waals surface area contributed by atoms with Gasteiger partial charge in [-0.1, -0.05) is 23.7 Å². The number of carbonyl (C=O) groups is 4. The van der Waals surface area contributed by atoms with Gasteiger partial charge in [0.25, 0.3) is 0 Å². The molecule has 0 bridgehead atoms. The molecule has 12 heteroatoms. The fraction of sp³-hybridized carbons (Fsp3) is 0.429. The number of morpholine rings is 1. The minimum Gasteiger partial charge on any atom is -0.379 e. The van der Waals surface area contributed by atoms with Crippen LogP contribution >= 0.6 is 11.6 Å². The molecule has 2 aromatic heterocycles. The number of benzene rings is 1. The predicted octanol–water partition coefficient (Wildman–Crippen LogP) is 2.36. The van der Waals surface area contributed by atoms with E-state index in [0.717, 1.165) is 31.5 Å². The molecule has 0 radical (unpaired) electrons. The van der Waals surface area contributed by atoms with Gasteiger partial charge in [0.15, 0.2) is 11.6 Å². The van der Waals surface area contributed by atoms with Gasteiger partial charge < -0.3 is 15.0 Å². The number of amides is 2. The van der Waals surface area contributed by atoms with Crippen molar-refractivity contribution in [2.75, 3.05) is 44.7 Å². The van der Waals surface area contributed by atoms with E-state index in [2.05, 4.69) is 20.3 Å². The normalized spacial score (nSPS) is 15.7. The van der Waals surface area contributed by atoms with E-state index >= 15 is 0 Å². The zero-order valence-electron chi connectivity index (χ0n) is 22.3. The summed E-state index contributed by atoms with van der Waals surface area (Å²) in [6.07, 6.45) is 1.87. The van der Waals surface area contributed by atoms with E-state index < -0.39 is 0 Å². The maximum atomic E-state index is 13.4. The second-order valence-electron chi connectivity index (χ2n) is 10.2. The Kier molecular flexibility index (Phi) is 8.53. The minimum atomic E-state index is -0.379. The molecule has 2 aliphatic rings. The Balaban J connectivity index is 1.29. The summed E-state index contributed by atoms with van der Waals surface area (Å²) in [6.45, 7) is 4.24. The lowest BCUT2D eigenvalue weighted by Gasteiger charge is -2.25. The van der Waals surface area contributed by atoms with Gasteiger partial charge in [0.1, 0.15) is 29.8 Å². The van der Waals surface area contributed by atoms with Crippen molar-refractivity contribution >= 4 is 51.7 Å². The molecule has 0 spiro atoms. The highest BCUT2D eigenvalue weighted by Crippen LogP contribution is 2.28. The summed E-state index contributed by atoms with van der Waals surface area (Å²) < 4.78 is 6.84. The number of rotatable bonds is 11. The Bertz CT molecular complexity index is 1450. The summed E-state index contributed by atoms with van der Waals surface area (Å²) in [6, 6.07) is 10.3. The van der Waals surface area contributed by atoms with E-state index in [1.54, 1.807) is 35.2 Å². The maximum absolute atomic E-state index is 13.4. The number of anilines is 1. The van der Waals surface area contributed by atoms with Gasteiger partial charge in [-0.15, -0.1) is 0 Å². The number of halogens is 1. The summed E-state index contributed by atoms with van der Waals surface area (Å²) in [5, 5.41) is 7.98. The van der Waals surface area contributed by atoms with E-state index in [-0.39, 0.29) is 59.8 Å². The third-order valence-corrected chi connectivity index (χ3v) is 7.15. The lowest BCUT2D eigenvalue weighted by Crippen LogP contribution is -2.41. The van der Waals surface area contributed by atoms with Gasteiger partial charge in [-0.2, -0.15) is 5.10 Å². The SMILES string of the molecule is CC(=O)c1nn(CC(=O)N(CC(=O)Nc2cccc(Cl)n2)C2CC2)c2ccc(CC(=O)CN3CCOCC3)cc12. The van der Waals surface area contributed by atoms with Crippen molar-refractivity contribution < 1.29 is 23.9 Å². The molecule has 5 rings (SSSR count). The molecule has 40 heavy (non-hydrogen) atoms. The second-order valence-corrected chi connectivity index (χ2v) is 10.6. The first-order chi connectivity index (χ1) is 19.3. The van der Waals surface area contributed by atoms with Crippen LogP contribution in [0.4, 0.5) is 5.82 Å². The van der Waals surface area contributed by atoms with Crippen LogP contribution in [0.5, 0.6) is 0 Å². The van der Waals surface area contributed by atoms with Gasteiger partial charge in [0.2, 0.25) is 11.8 Å². The van der Waals surface area contributed by atoms with E-state index in [9.17, 15) is 19.2 Å². The third kappa shape index (κ3) is 6.90. The van der Waals surface area contributed by atoms with Crippen LogP contribution in [0.15, 0.2) is 36.4 Å². The molecular weight excluding hydrogens is 536 g/mol. The molecule has 0 unspecified atom stereocenters. The molecular formula is C28H31ClN6O5. The number of hydrogen-bond donors (Lipinski definition) is 1. The molecule has 3 aromatic rings. The molecule has 1 aromatic carbocycles. The van der Waals surface area contributed by atoms with Crippen LogP contribution < -0.4 is 5.32 Å². The molecule has 1 aliphatic heterocycles. The van der Waals surface area contributed by atoms with Crippen molar-refractivity contribution in [2.24, 2.45) is 0 Å². The summed E-state index contributed by atoms with van der Waals surface area (Å²) in [4.78, 5) is 58.8. The average Bonchev–Trinajstić information content (AvgIpc) is 3.69. The number of Topliss-reactive ketones (excluding diaryl/α,β-unsaturated/α-hetero) is 2. The van der Waals surface area contributed by atoms with E-state index in [4.69, 9.17) is 16.3 Å². The van der Waals surface area contributed by atoms with Crippen molar-refractivity contribution in [1.82, 2.24) is 24.6 Å². The van der Waals surface area contributed by atoms with Crippen LogP contribution in [0.3, 0.4) is 0 Å². The molecule has 3 heterocycles. The van der Waals surface area contributed by atoms with Gasteiger partial charge in [0.05, 0.1) is 25.3 Å². The highest BCUT2D eigenvalue weighted by atomic mass is 35.5. The summed E-state index contributed by atoms with van der Waals surface area (Å²) in [5.41, 5.74) is 1.64. The summed E-state index contributed by atoms with van der Waals surface area (Å²) in [5.74, 6) is -0.499. The number of nitrogens with one attached hydrogen (secondary N) is 1. The Hall–Kier alpha value is -3.67. The molecule has 0 atom stereocenters. The van der Waals surface area contributed by atoms with Gasteiger partial charge in [-0.25, -0.2) is 4.98 Å². The maximum Gasteiger partial charge on any atom is 0.245 e. The van der Waals surface area contributed by atoms with Crippen LogP contribution in [-0.4, -0.2) is 93.4 Å². The molecule has 210 valence electrons. The first-order valence-electron chi connectivity index (χ1n) is 13.3. The van der Waals surface area contributed by atoms with Crippen LogP contribution in [0.25, 0.3) is 10.9 Å². The fourth-order valence-electron chi connectivity index (χ4n) is 4.85. The zero-order valence-corrected chi connectivity index (χ0v) is 23.0. The Morgan fingerprint density at radius 2 is 1.88 bits per heavy atom. The van der Waals surface area contributed by atoms with Gasteiger partial charge in [0, 0.05) is 37.9 Å². The lowest BCUT2D eigenvalue weighted by atomic mass is 10.0. The van der Waals surface area contributed by atoms with Gasteiger partial charge in [-0.3, -0.25) is 28.8 Å². The molecule has 1 aliphatic carbocycles. The number of fused-ring (bicyclic) bond motifs is 1. The summed E-state index contributed by atoms with van der Waals surface area (Å²) >= 11 is 5.90. The van der Waals surface area contributed by atoms with E-state index in [0.29, 0.717) is 36.5 Å². The molecule has 11 nitrogen and oxygen atoms in total. The minimum absolute atomic E-state index is 0.0243. The van der Waals surface area contributed by atoms with Crippen molar-refractivity contribution in [3.05, 3.63) is 52.8 Å². The second kappa shape index (κ2) is 12.2. The standard InChI is InChI=1S/C28H31ClN6O5/c1-18(36)28-22-14-19(13-21(37)15-33-9-11-40-12-10-33)5-8-23(22)35(32-28)17-27(39)34(20-6-7-20)16-26(38)31-25-4-2-3-24(29)30-25/h2-5,8,14,20H,6-7,9-13,15-17H2,1H3,(H,30,31,38). The van der Waals surface area contributed by atoms with Gasteiger partial charge >= 0.3 is 0 Å². The topological polar surface area (TPSA) is 127 Å². The number of pyridine rings is 1. The van der Waals surface area contributed by atoms with Gasteiger partial charge in [-0.05, 0) is 42.7 Å². The molecule has 2 fully saturated rings. The smallest absolute Gasteiger partial charge is 0.245 e. The Labute approximate surface area is 236 Å². The fourth-order valence-corrected chi connectivity index (χ4v) is 5.01.